The summed E-state index contributed by atoms with van der Waals surface area (Å²) in [7, 11) is 1.88. The van der Waals surface area contributed by atoms with Crippen LogP contribution in [0.4, 0.5) is 4.79 Å². The van der Waals surface area contributed by atoms with Crippen molar-refractivity contribution in [3.05, 3.63) is 18.7 Å². The van der Waals surface area contributed by atoms with Crippen LogP contribution in [0.2, 0.25) is 0 Å². The molecule has 1 rings (SSSR count). The molecule has 0 aliphatic carbocycles. The summed E-state index contributed by atoms with van der Waals surface area (Å²) in [6.45, 7) is 2.43. The number of nitrogens with two attached hydrogens (primary N) is 1. The van der Waals surface area contributed by atoms with E-state index in [-0.39, 0.29) is 0 Å². The molecule has 0 aliphatic rings. The fraction of sp³-hybridized carbons (Fsp3) is 0.429. The summed E-state index contributed by atoms with van der Waals surface area (Å²) in [5.74, 6) is 0. The maximum absolute atomic E-state index is 10.9. The Labute approximate surface area is 71.0 Å². The molecule has 0 radical (unpaired) electrons. The fourth-order valence-corrected chi connectivity index (χ4v) is 1.01. The predicted octanol–water partition coefficient (Wildman–Crippen LogP) is -0.651. The summed E-state index contributed by atoms with van der Waals surface area (Å²) >= 11 is 0. The normalized spacial score (nSPS) is 9.83. The second kappa shape index (κ2) is 3.25. The monoisotopic (exact) mass is 169 g/mol. The number of carbonyl (C=O) groups excluding carboxylic acids is 1. The van der Waals surface area contributed by atoms with Crippen molar-refractivity contribution in [2.75, 3.05) is 11.6 Å². The number of amides is 2. The van der Waals surface area contributed by atoms with Crippen LogP contribution < -0.4 is 15.3 Å². The van der Waals surface area contributed by atoms with E-state index in [0.29, 0.717) is 6.54 Å². The number of imidazole rings is 1. The smallest absolute Gasteiger partial charge is 0.349 e. The Balaban J connectivity index is 2.87. The maximum atomic E-state index is 10.9. The summed E-state index contributed by atoms with van der Waals surface area (Å²) in [6, 6.07) is -0.450. The molecule has 0 spiro atoms. The van der Waals surface area contributed by atoms with E-state index >= 15 is 0 Å². The molecular formula is C7H13N4O+. The number of carbonyl (C=O) groups is 1. The van der Waals surface area contributed by atoms with E-state index in [1.54, 1.807) is 17.2 Å². The minimum absolute atomic E-state index is 0.450. The first-order valence-corrected chi connectivity index (χ1v) is 3.75. The Kier molecular flexibility index (Phi) is 2.32. The van der Waals surface area contributed by atoms with Crippen molar-refractivity contribution in [1.29, 1.82) is 0 Å². The molecule has 0 atom stereocenters. The third-order valence-corrected chi connectivity index (χ3v) is 1.59. The van der Waals surface area contributed by atoms with Gasteiger partial charge in [0.1, 0.15) is 6.20 Å². The van der Waals surface area contributed by atoms with Crippen LogP contribution in [0.15, 0.2) is 18.7 Å². The molecule has 1 aromatic rings. The van der Waals surface area contributed by atoms with Gasteiger partial charge in [-0.25, -0.2) is 9.36 Å². The first-order valence-electron chi connectivity index (χ1n) is 3.75. The number of hydrogen-bond donors (Lipinski definition) is 1. The number of nitrogens with zero attached hydrogens (tertiary/aromatic N) is 3. The highest BCUT2D eigenvalue weighted by atomic mass is 16.2. The molecule has 0 saturated carbocycles. The van der Waals surface area contributed by atoms with Gasteiger partial charge >= 0.3 is 6.03 Å². The SMILES string of the molecule is CCN(C(N)=O)n1cc[n+](C)c1. The van der Waals surface area contributed by atoms with Crippen LogP contribution >= 0.6 is 0 Å². The Morgan fingerprint density at radius 1 is 1.75 bits per heavy atom. The number of rotatable bonds is 2. The second-order valence-corrected chi connectivity index (χ2v) is 2.51. The van der Waals surface area contributed by atoms with Crippen molar-refractivity contribution < 1.29 is 9.36 Å². The van der Waals surface area contributed by atoms with Gasteiger partial charge in [-0.05, 0) is 6.92 Å². The minimum Gasteiger partial charge on any atom is -0.349 e. The van der Waals surface area contributed by atoms with Gasteiger partial charge in [-0.2, -0.15) is 5.01 Å². The quantitative estimate of drug-likeness (QED) is 0.588. The Morgan fingerprint density at radius 3 is 2.75 bits per heavy atom. The van der Waals surface area contributed by atoms with Crippen molar-refractivity contribution in [3.63, 3.8) is 0 Å². The van der Waals surface area contributed by atoms with Crippen molar-refractivity contribution in [2.45, 2.75) is 6.92 Å². The molecule has 2 N–H and O–H groups in total. The maximum Gasteiger partial charge on any atom is 0.350 e. The summed E-state index contributed by atoms with van der Waals surface area (Å²) in [5, 5.41) is 1.43. The molecular weight excluding hydrogens is 156 g/mol. The second-order valence-electron chi connectivity index (χ2n) is 2.51. The van der Waals surface area contributed by atoms with Gasteiger partial charge in [0.15, 0.2) is 6.20 Å². The fourth-order valence-electron chi connectivity index (χ4n) is 1.01. The minimum atomic E-state index is -0.450. The van der Waals surface area contributed by atoms with Crippen molar-refractivity contribution >= 4 is 6.03 Å². The van der Waals surface area contributed by atoms with Crippen LogP contribution in [-0.4, -0.2) is 17.3 Å². The highest BCUT2D eigenvalue weighted by Crippen LogP contribution is 1.88. The van der Waals surface area contributed by atoms with Crippen molar-refractivity contribution in [3.8, 4) is 0 Å². The zero-order chi connectivity index (χ0) is 9.14. The Bertz CT molecular complexity index is 281. The van der Waals surface area contributed by atoms with Gasteiger partial charge in [0.05, 0.1) is 13.6 Å². The van der Waals surface area contributed by atoms with Gasteiger partial charge in [0.2, 0.25) is 0 Å². The van der Waals surface area contributed by atoms with E-state index in [9.17, 15) is 4.79 Å². The molecule has 1 heterocycles. The molecule has 5 nitrogen and oxygen atoms in total. The molecule has 0 aromatic carbocycles. The lowest BCUT2D eigenvalue weighted by Crippen LogP contribution is -2.44. The van der Waals surface area contributed by atoms with Crippen molar-refractivity contribution in [2.24, 2.45) is 12.8 Å². The number of primary amides is 1. The first kappa shape index (κ1) is 8.58. The van der Waals surface area contributed by atoms with Gasteiger partial charge in [0.25, 0.3) is 6.33 Å². The summed E-state index contributed by atoms with van der Waals surface area (Å²) in [6.07, 6.45) is 5.38. The standard InChI is InChI=1S/C7H12N4O/c1-3-11(7(8)12)10-5-4-9(2)6-10/h4-6H,3H2,1-2H3,(H-,8,12)/p+1. The van der Waals surface area contributed by atoms with Gasteiger partial charge in [-0.1, -0.05) is 0 Å². The largest absolute Gasteiger partial charge is 0.350 e. The third-order valence-electron chi connectivity index (χ3n) is 1.59. The summed E-state index contributed by atoms with van der Waals surface area (Å²) in [4.78, 5) is 10.9. The van der Waals surface area contributed by atoms with Crippen LogP contribution in [0.3, 0.4) is 0 Å². The molecule has 0 unspecified atom stereocenters. The van der Waals surface area contributed by atoms with Crippen LogP contribution in [0.1, 0.15) is 6.92 Å². The molecule has 0 aliphatic heterocycles. The molecule has 0 bridgehead atoms. The lowest BCUT2D eigenvalue weighted by molar-refractivity contribution is -0.671. The number of hydrogen-bond acceptors (Lipinski definition) is 1. The molecule has 0 saturated heterocycles. The van der Waals surface area contributed by atoms with E-state index in [1.165, 1.54) is 5.01 Å². The van der Waals surface area contributed by atoms with E-state index in [0.717, 1.165) is 0 Å². The molecule has 2 amide bonds. The highest BCUT2D eigenvalue weighted by Gasteiger charge is 2.13. The molecule has 12 heavy (non-hydrogen) atoms. The summed E-state index contributed by atoms with van der Waals surface area (Å²) < 4.78 is 3.49. The topological polar surface area (TPSA) is 55.1 Å². The van der Waals surface area contributed by atoms with E-state index in [2.05, 4.69) is 0 Å². The molecule has 1 aromatic heterocycles. The first-order chi connectivity index (χ1) is 5.65. The number of urea groups is 1. The molecule has 0 fully saturated rings. The lowest BCUT2D eigenvalue weighted by atomic mass is 10.7. The lowest BCUT2D eigenvalue weighted by Gasteiger charge is -2.11. The van der Waals surface area contributed by atoms with Crippen LogP contribution in [0.25, 0.3) is 0 Å². The van der Waals surface area contributed by atoms with Crippen molar-refractivity contribution in [1.82, 2.24) is 4.68 Å². The van der Waals surface area contributed by atoms with Gasteiger partial charge < -0.3 is 5.73 Å². The average molecular weight is 169 g/mol. The third kappa shape index (κ3) is 1.55. The van der Waals surface area contributed by atoms with Crippen LogP contribution in [0, 0.1) is 0 Å². The predicted molar refractivity (Wildman–Crippen MR) is 43.9 cm³/mol. The Morgan fingerprint density at radius 2 is 2.42 bits per heavy atom. The molecule has 5 heteroatoms. The van der Waals surface area contributed by atoms with Gasteiger partial charge in [0, 0.05) is 0 Å². The Hall–Kier alpha value is -1.52. The van der Waals surface area contributed by atoms with Crippen LogP contribution in [-0.2, 0) is 7.05 Å². The van der Waals surface area contributed by atoms with E-state index < -0.39 is 6.03 Å². The number of aryl methyl sites for hydroxylation is 1. The summed E-state index contributed by atoms with van der Waals surface area (Å²) in [5.41, 5.74) is 5.15. The zero-order valence-corrected chi connectivity index (χ0v) is 7.27. The average Bonchev–Trinajstić information content (AvgIpc) is 2.37. The molecule has 66 valence electrons. The highest BCUT2D eigenvalue weighted by molar-refractivity contribution is 5.82. The van der Waals surface area contributed by atoms with Gasteiger partial charge in [-0.3, -0.25) is 0 Å². The van der Waals surface area contributed by atoms with Crippen LogP contribution in [0.5, 0.6) is 0 Å². The number of aromatic nitrogens is 2. The van der Waals surface area contributed by atoms with E-state index in [4.69, 9.17) is 5.73 Å². The van der Waals surface area contributed by atoms with Gasteiger partial charge in [-0.15, -0.1) is 4.68 Å². The zero-order valence-electron chi connectivity index (χ0n) is 7.27. The van der Waals surface area contributed by atoms with E-state index in [1.807, 2.05) is 24.7 Å².